The zero-order chi connectivity index (χ0) is 16.4. The molecule has 0 saturated heterocycles. The Morgan fingerprint density at radius 2 is 1.83 bits per heavy atom. The highest BCUT2D eigenvalue weighted by Gasteiger charge is 2.17. The first kappa shape index (κ1) is 15.8. The van der Waals surface area contributed by atoms with E-state index >= 15 is 0 Å². The number of para-hydroxylation sites is 1. The molecule has 0 unspecified atom stereocenters. The van der Waals surface area contributed by atoms with Crippen molar-refractivity contribution in [1.82, 2.24) is 0 Å². The van der Waals surface area contributed by atoms with E-state index in [0.717, 1.165) is 27.2 Å². The molecule has 1 N–H and O–H groups in total. The Bertz CT molecular complexity index is 878. The number of aryl methyl sites for hydroxylation is 1. The lowest BCUT2D eigenvalue weighted by Gasteiger charge is -2.13. The third-order valence-corrected chi connectivity index (χ3v) is 4.55. The molecule has 23 heavy (non-hydrogen) atoms. The lowest BCUT2D eigenvalue weighted by atomic mass is 10.1. The first-order valence-corrected chi connectivity index (χ1v) is 8.36. The molecule has 0 aliphatic carbocycles. The first-order valence-electron chi connectivity index (χ1n) is 7.17. The van der Waals surface area contributed by atoms with Gasteiger partial charge < -0.3 is 5.32 Å². The van der Waals surface area contributed by atoms with Crippen LogP contribution < -0.4 is 9.88 Å². The number of rotatable bonds is 3. The standard InChI is InChI=1S/C18H15ClN2OS/c1-12(22)23-17-11-21(2)16-6-4-3-5-15(16)18(17)20-14-9-7-13(19)8-10-14/h3-11H,1-2H3/p+1. The molecule has 1 heterocycles. The summed E-state index contributed by atoms with van der Waals surface area (Å²) in [6.07, 6.45) is 1.98. The molecular formula is C18H16ClN2OS+. The summed E-state index contributed by atoms with van der Waals surface area (Å²) in [7, 11) is 1.98. The van der Waals surface area contributed by atoms with Crippen molar-refractivity contribution in [3.05, 3.63) is 59.8 Å². The number of carbonyl (C=O) groups excluding carboxylic acids is 1. The molecule has 0 aliphatic rings. The zero-order valence-electron chi connectivity index (χ0n) is 12.8. The molecule has 1 aromatic heterocycles. The fourth-order valence-electron chi connectivity index (χ4n) is 2.47. The van der Waals surface area contributed by atoms with Gasteiger partial charge in [-0.2, -0.15) is 4.57 Å². The van der Waals surface area contributed by atoms with Crippen LogP contribution in [0.3, 0.4) is 0 Å². The van der Waals surface area contributed by atoms with Crippen LogP contribution in [0.25, 0.3) is 10.9 Å². The van der Waals surface area contributed by atoms with Crippen LogP contribution in [-0.4, -0.2) is 5.12 Å². The van der Waals surface area contributed by atoms with Crippen LogP contribution >= 0.6 is 23.4 Å². The highest BCUT2D eigenvalue weighted by atomic mass is 35.5. The fourth-order valence-corrected chi connectivity index (χ4v) is 3.38. The molecule has 0 saturated carbocycles. The second-order valence-corrected chi connectivity index (χ2v) is 6.88. The van der Waals surface area contributed by atoms with Crippen LogP contribution in [0.15, 0.2) is 59.6 Å². The molecule has 5 heteroatoms. The molecule has 0 atom stereocenters. The van der Waals surface area contributed by atoms with Crippen molar-refractivity contribution < 1.29 is 9.36 Å². The Balaban J connectivity index is 2.16. The van der Waals surface area contributed by atoms with E-state index in [1.165, 1.54) is 11.8 Å². The second-order valence-electron chi connectivity index (χ2n) is 5.22. The predicted octanol–water partition coefficient (Wildman–Crippen LogP) is 4.70. The minimum Gasteiger partial charge on any atom is -0.354 e. The summed E-state index contributed by atoms with van der Waals surface area (Å²) in [6.45, 7) is 1.58. The maximum Gasteiger partial charge on any atom is 0.214 e. The predicted molar refractivity (Wildman–Crippen MR) is 96.4 cm³/mol. The van der Waals surface area contributed by atoms with E-state index in [1.54, 1.807) is 6.92 Å². The Morgan fingerprint density at radius 1 is 1.13 bits per heavy atom. The van der Waals surface area contributed by atoms with Gasteiger partial charge in [0.2, 0.25) is 5.52 Å². The molecule has 0 fully saturated rings. The second kappa shape index (κ2) is 6.60. The van der Waals surface area contributed by atoms with Gasteiger partial charge in [-0.05, 0) is 42.1 Å². The van der Waals surface area contributed by atoms with Crippen LogP contribution in [0, 0.1) is 0 Å². The van der Waals surface area contributed by atoms with Crippen molar-refractivity contribution in [2.24, 2.45) is 7.05 Å². The minimum atomic E-state index is 0.0550. The molecule has 3 aromatic rings. The van der Waals surface area contributed by atoms with Crippen LogP contribution in [-0.2, 0) is 11.8 Å². The molecule has 3 rings (SSSR count). The van der Waals surface area contributed by atoms with Gasteiger partial charge in [-0.1, -0.05) is 23.7 Å². The molecular weight excluding hydrogens is 328 g/mol. The number of anilines is 2. The fraction of sp³-hybridized carbons (Fsp3) is 0.111. The van der Waals surface area contributed by atoms with E-state index in [1.807, 2.05) is 54.2 Å². The van der Waals surface area contributed by atoms with Gasteiger partial charge >= 0.3 is 0 Å². The number of nitrogens with zero attached hydrogens (tertiary/aromatic N) is 1. The van der Waals surface area contributed by atoms with Gasteiger partial charge in [-0.3, -0.25) is 4.79 Å². The topological polar surface area (TPSA) is 33.0 Å². The van der Waals surface area contributed by atoms with Crippen molar-refractivity contribution in [1.29, 1.82) is 0 Å². The summed E-state index contributed by atoms with van der Waals surface area (Å²) in [6, 6.07) is 15.6. The summed E-state index contributed by atoms with van der Waals surface area (Å²) < 4.78 is 2.04. The largest absolute Gasteiger partial charge is 0.354 e. The van der Waals surface area contributed by atoms with Crippen molar-refractivity contribution in [2.75, 3.05) is 5.32 Å². The SMILES string of the molecule is CC(=O)Sc1c[n+](C)c2ccccc2c1Nc1ccc(Cl)cc1. The third kappa shape index (κ3) is 3.49. The summed E-state index contributed by atoms with van der Waals surface area (Å²) in [5.74, 6) is 0. The number of hydrogen-bond acceptors (Lipinski definition) is 3. The number of benzene rings is 2. The van der Waals surface area contributed by atoms with E-state index in [2.05, 4.69) is 17.4 Å². The number of carbonyl (C=O) groups is 1. The number of fused-ring (bicyclic) bond motifs is 1. The van der Waals surface area contributed by atoms with Crippen molar-refractivity contribution in [3.8, 4) is 0 Å². The third-order valence-electron chi connectivity index (χ3n) is 3.48. The van der Waals surface area contributed by atoms with Crippen molar-refractivity contribution in [2.45, 2.75) is 11.8 Å². The lowest BCUT2D eigenvalue weighted by molar-refractivity contribution is -0.646. The molecule has 0 bridgehead atoms. The first-order chi connectivity index (χ1) is 11.0. The number of aromatic nitrogens is 1. The molecule has 3 nitrogen and oxygen atoms in total. The number of thioether (sulfide) groups is 1. The van der Waals surface area contributed by atoms with Crippen LogP contribution in [0.1, 0.15) is 6.92 Å². The Labute approximate surface area is 144 Å². The number of halogens is 1. The average molecular weight is 344 g/mol. The van der Waals surface area contributed by atoms with Crippen molar-refractivity contribution >= 4 is 50.8 Å². The van der Waals surface area contributed by atoms with E-state index in [4.69, 9.17) is 11.6 Å². The number of pyridine rings is 1. The Kier molecular flexibility index (Phi) is 4.55. The smallest absolute Gasteiger partial charge is 0.214 e. The average Bonchev–Trinajstić information content (AvgIpc) is 2.52. The summed E-state index contributed by atoms with van der Waals surface area (Å²) in [4.78, 5) is 12.5. The molecule has 2 aromatic carbocycles. The normalized spacial score (nSPS) is 10.7. The lowest BCUT2D eigenvalue weighted by Crippen LogP contribution is -2.29. The molecule has 0 amide bonds. The van der Waals surface area contributed by atoms with E-state index in [-0.39, 0.29) is 5.12 Å². The maximum absolute atomic E-state index is 11.6. The van der Waals surface area contributed by atoms with E-state index in [0.29, 0.717) is 5.02 Å². The highest BCUT2D eigenvalue weighted by Crippen LogP contribution is 2.34. The van der Waals surface area contributed by atoms with Gasteiger partial charge in [0.05, 0.1) is 11.1 Å². The molecule has 0 aliphatic heterocycles. The van der Waals surface area contributed by atoms with Gasteiger partial charge in [0.1, 0.15) is 11.9 Å². The van der Waals surface area contributed by atoms with Gasteiger partial charge in [-0.15, -0.1) is 0 Å². The summed E-state index contributed by atoms with van der Waals surface area (Å²) >= 11 is 7.18. The maximum atomic E-state index is 11.6. The van der Waals surface area contributed by atoms with Gasteiger partial charge in [0.15, 0.2) is 11.3 Å². The van der Waals surface area contributed by atoms with Gasteiger partial charge in [0, 0.05) is 23.7 Å². The van der Waals surface area contributed by atoms with E-state index in [9.17, 15) is 4.79 Å². The Morgan fingerprint density at radius 3 is 2.52 bits per heavy atom. The minimum absolute atomic E-state index is 0.0550. The zero-order valence-corrected chi connectivity index (χ0v) is 14.4. The quantitative estimate of drug-likeness (QED) is 0.552. The number of hydrogen-bond donors (Lipinski definition) is 1. The molecule has 0 spiro atoms. The monoisotopic (exact) mass is 343 g/mol. The highest BCUT2D eigenvalue weighted by molar-refractivity contribution is 8.13. The summed E-state index contributed by atoms with van der Waals surface area (Å²) in [5, 5.41) is 5.24. The van der Waals surface area contributed by atoms with Gasteiger partial charge in [0.25, 0.3) is 0 Å². The Hall–Kier alpha value is -2.04. The van der Waals surface area contributed by atoms with Gasteiger partial charge in [-0.25, -0.2) is 0 Å². The van der Waals surface area contributed by atoms with Crippen LogP contribution in [0.5, 0.6) is 0 Å². The van der Waals surface area contributed by atoms with Crippen molar-refractivity contribution in [3.63, 3.8) is 0 Å². The van der Waals surface area contributed by atoms with Crippen LogP contribution in [0.4, 0.5) is 11.4 Å². The van der Waals surface area contributed by atoms with E-state index < -0.39 is 0 Å². The van der Waals surface area contributed by atoms with Crippen LogP contribution in [0.2, 0.25) is 5.02 Å². The molecule has 116 valence electrons. The molecule has 0 radical (unpaired) electrons. The number of nitrogens with one attached hydrogen (secondary N) is 1. The summed E-state index contributed by atoms with van der Waals surface area (Å²) in [5.41, 5.74) is 2.96.